The maximum atomic E-state index is 12.8. The van der Waals surface area contributed by atoms with Crippen molar-refractivity contribution in [3.8, 4) is 5.75 Å². The van der Waals surface area contributed by atoms with Gasteiger partial charge >= 0.3 is 0 Å². The number of β-amino-alcohol motifs (C(OH)–C–C–N with tert-alkyl or cyclic N) is 1. The van der Waals surface area contributed by atoms with Gasteiger partial charge in [0.05, 0.1) is 25.4 Å². The molecule has 1 aromatic heterocycles. The highest BCUT2D eigenvalue weighted by atomic mass is 35.5. The van der Waals surface area contributed by atoms with Gasteiger partial charge in [-0.25, -0.2) is 0 Å². The summed E-state index contributed by atoms with van der Waals surface area (Å²) in [6.45, 7) is 0.717. The topological polar surface area (TPSA) is 91.3 Å². The third kappa shape index (κ3) is 3.02. The molecule has 1 aromatic carbocycles. The van der Waals surface area contributed by atoms with E-state index in [1.165, 1.54) is 13.3 Å². The number of hydrogen-bond acceptors (Lipinski definition) is 5. The van der Waals surface area contributed by atoms with Crippen molar-refractivity contribution in [2.24, 2.45) is 0 Å². The number of halogens is 1. The molecule has 1 aliphatic rings. The molecule has 0 unspecified atom stereocenters. The van der Waals surface area contributed by atoms with Crippen molar-refractivity contribution in [1.82, 2.24) is 20.3 Å². The van der Waals surface area contributed by atoms with Gasteiger partial charge in [0.15, 0.2) is 0 Å². The molecule has 122 valence electrons. The van der Waals surface area contributed by atoms with Gasteiger partial charge in [-0.05, 0) is 31.0 Å². The van der Waals surface area contributed by atoms with Gasteiger partial charge in [-0.1, -0.05) is 11.6 Å². The zero-order valence-electron chi connectivity index (χ0n) is 12.6. The number of nitrogens with zero attached hydrogens (tertiary/aromatic N) is 3. The fourth-order valence-corrected chi connectivity index (χ4v) is 3.02. The molecule has 0 spiro atoms. The fourth-order valence-electron chi connectivity index (χ4n) is 2.86. The highest BCUT2D eigenvalue weighted by Crippen LogP contribution is 2.32. The average molecular weight is 337 g/mol. The van der Waals surface area contributed by atoms with Crippen molar-refractivity contribution in [3.05, 3.63) is 40.7 Å². The number of aliphatic hydroxyl groups is 1. The molecule has 0 bridgehead atoms. The molecule has 1 amide bonds. The first-order valence-electron chi connectivity index (χ1n) is 7.25. The lowest BCUT2D eigenvalue weighted by Crippen LogP contribution is -2.48. The number of nitrogens with one attached hydrogen (secondary N) is 1. The summed E-state index contributed by atoms with van der Waals surface area (Å²) in [5.74, 6) is 0.207. The lowest BCUT2D eigenvalue weighted by atomic mass is 9.89. The SMILES string of the molecule is COc1cc(Cl)ccc1C(=O)N1CCC[C@](O)(c2cn[nH]n2)C1. The summed E-state index contributed by atoms with van der Waals surface area (Å²) >= 11 is 5.94. The number of rotatable bonds is 3. The zero-order valence-corrected chi connectivity index (χ0v) is 13.4. The number of methoxy groups -OCH3 is 1. The predicted octanol–water partition coefficient (Wildman–Crippen LogP) is 1.59. The lowest BCUT2D eigenvalue weighted by Gasteiger charge is -2.38. The number of likely N-dealkylation sites (tertiary alicyclic amines) is 1. The smallest absolute Gasteiger partial charge is 0.257 e. The molecule has 1 fully saturated rings. The molecule has 0 radical (unpaired) electrons. The van der Waals surface area contributed by atoms with E-state index in [1.54, 1.807) is 23.1 Å². The van der Waals surface area contributed by atoms with Crippen LogP contribution in [0.4, 0.5) is 0 Å². The molecule has 2 N–H and O–H groups in total. The quantitative estimate of drug-likeness (QED) is 0.888. The molecular weight excluding hydrogens is 320 g/mol. The molecule has 0 aliphatic carbocycles. The molecule has 1 saturated heterocycles. The molecule has 2 aromatic rings. The van der Waals surface area contributed by atoms with Crippen LogP contribution >= 0.6 is 11.6 Å². The summed E-state index contributed by atoms with van der Waals surface area (Å²) in [5.41, 5.74) is -0.333. The summed E-state index contributed by atoms with van der Waals surface area (Å²) in [7, 11) is 1.49. The number of aromatic nitrogens is 3. The number of carbonyl (C=O) groups excluding carboxylic acids is 1. The van der Waals surface area contributed by atoms with Crippen LogP contribution in [0.1, 0.15) is 28.9 Å². The monoisotopic (exact) mass is 336 g/mol. The van der Waals surface area contributed by atoms with Gasteiger partial charge in [0.1, 0.15) is 17.0 Å². The Bertz CT molecular complexity index is 707. The first-order valence-corrected chi connectivity index (χ1v) is 7.63. The van der Waals surface area contributed by atoms with E-state index in [0.29, 0.717) is 41.4 Å². The maximum Gasteiger partial charge on any atom is 0.257 e. The van der Waals surface area contributed by atoms with Crippen LogP contribution in [0, 0.1) is 0 Å². The number of benzene rings is 1. The van der Waals surface area contributed by atoms with Crippen molar-refractivity contribution in [1.29, 1.82) is 0 Å². The van der Waals surface area contributed by atoms with Gasteiger partial charge in [0.2, 0.25) is 0 Å². The first-order chi connectivity index (χ1) is 11.0. The number of amides is 1. The highest BCUT2D eigenvalue weighted by molar-refractivity contribution is 6.30. The third-order valence-electron chi connectivity index (χ3n) is 4.04. The lowest BCUT2D eigenvalue weighted by molar-refractivity contribution is -0.0321. The van der Waals surface area contributed by atoms with Gasteiger partial charge in [-0.2, -0.15) is 15.4 Å². The van der Waals surface area contributed by atoms with Crippen molar-refractivity contribution in [3.63, 3.8) is 0 Å². The van der Waals surface area contributed by atoms with Gasteiger partial charge in [0.25, 0.3) is 5.91 Å². The van der Waals surface area contributed by atoms with Crippen LogP contribution in [0.3, 0.4) is 0 Å². The van der Waals surface area contributed by atoms with E-state index in [4.69, 9.17) is 16.3 Å². The summed E-state index contributed by atoms with van der Waals surface area (Å²) in [6.07, 6.45) is 2.68. The molecule has 3 rings (SSSR count). The van der Waals surface area contributed by atoms with E-state index in [2.05, 4.69) is 15.4 Å². The summed E-state index contributed by atoms with van der Waals surface area (Å²) in [5, 5.41) is 21.5. The van der Waals surface area contributed by atoms with Crippen LogP contribution in [0.15, 0.2) is 24.4 Å². The molecule has 8 heteroatoms. The number of carbonyl (C=O) groups is 1. The minimum absolute atomic E-state index is 0.157. The minimum Gasteiger partial charge on any atom is -0.496 e. The summed E-state index contributed by atoms with van der Waals surface area (Å²) in [4.78, 5) is 14.4. The molecule has 2 heterocycles. The Morgan fingerprint density at radius 2 is 2.35 bits per heavy atom. The Hall–Kier alpha value is -2.12. The number of H-pyrrole nitrogens is 1. The maximum absolute atomic E-state index is 12.8. The van der Waals surface area contributed by atoms with E-state index in [0.717, 1.165) is 0 Å². The standard InChI is InChI=1S/C15H17ClN4O3/c1-23-12-7-10(16)3-4-11(12)14(21)20-6-2-5-15(22,9-20)13-8-17-19-18-13/h3-4,7-8,22H,2,5-6,9H2,1H3,(H,17,18,19)/t15-/m1/s1. The second-order valence-corrected chi connectivity index (χ2v) is 6.00. The van der Waals surface area contributed by atoms with Crippen molar-refractivity contribution < 1.29 is 14.6 Å². The van der Waals surface area contributed by atoms with E-state index < -0.39 is 5.60 Å². The molecule has 23 heavy (non-hydrogen) atoms. The normalized spacial score (nSPS) is 21.3. The number of aromatic amines is 1. The Morgan fingerprint density at radius 3 is 3.04 bits per heavy atom. The van der Waals surface area contributed by atoms with Crippen LogP contribution in [-0.4, -0.2) is 51.5 Å². The van der Waals surface area contributed by atoms with E-state index in [9.17, 15) is 9.90 Å². The van der Waals surface area contributed by atoms with Crippen LogP contribution < -0.4 is 4.74 Å². The van der Waals surface area contributed by atoms with Gasteiger partial charge in [-0.3, -0.25) is 4.79 Å². The highest BCUT2D eigenvalue weighted by Gasteiger charge is 2.39. The van der Waals surface area contributed by atoms with Crippen LogP contribution in [-0.2, 0) is 5.60 Å². The van der Waals surface area contributed by atoms with E-state index >= 15 is 0 Å². The Kier molecular flexibility index (Phi) is 4.23. The van der Waals surface area contributed by atoms with Crippen LogP contribution in [0.2, 0.25) is 5.02 Å². The Balaban J connectivity index is 1.85. The number of ether oxygens (including phenoxy) is 1. The summed E-state index contributed by atoms with van der Waals surface area (Å²) < 4.78 is 5.24. The molecule has 1 aliphatic heterocycles. The fraction of sp³-hybridized carbons (Fsp3) is 0.400. The second kappa shape index (κ2) is 6.17. The minimum atomic E-state index is -1.19. The summed E-state index contributed by atoms with van der Waals surface area (Å²) in [6, 6.07) is 4.88. The molecule has 0 saturated carbocycles. The second-order valence-electron chi connectivity index (χ2n) is 5.56. The van der Waals surface area contributed by atoms with Gasteiger partial charge in [-0.15, -0.1) is 0 Å². The van der Waals surface area contributed by atoms with Crippen LogP contribution in [0.25, 0.3) is 0 Å². The van der Waals surface area contributed by atoms with E-state index in [1.807, 2.05) is 0 Å². The predicted molar refractivity (Wildman–Crippen MR) is 83.4 cm³/mol. The van der Waals surface area contributed by atoms with Crippen molar-refractivity contribution in [2.45, 2.75) is 18.4 Å². The molecule has 7 nitrogen and oxygen atoms in total. The van der Waals surface area contributed by atoms with Crippen LogP contribution in [0.5, 0.6) is 5.75 Å². The van der Waals surface area contributed by atoms with Crippen molar-refractivity contribution in [2.75, 3.05) is 20.2 Å². The van der Waals surface area contributed by atoms with Gasteiger partial charge < -0.3 is 14.7 Å². The first kappa shape index (κ1) is 15.8. The largest absolute Gasteiger partial charge is 0.496 e. The zero-order chi connectivity index (χ0) is 16.4. The number of hydrogen-bond donors (Lipinski definition) is 2. The van der Waals surface area contributed by atoms with Crippen molar-refractivity contribution >= 4 is 17.5 Å². The Labute approximate surface area is 138 Å². The molecule has 1 atom stereocenters. The van der Waals surface area contributed by atoms with E-state index in [-0.39, 0.29) is 12.5 Å². The Morgan fingerprint density at radius 1 is 1.52 bits per heavy atom. The number of piperidine rings is 1. The average Bonchev–Trinajstić information content (AvgIpc) is 3.09. The third-order valence-corrected chi connectivity index (χ3v) is 4.28. The van der Waals surface area contributed by atoms with Gasteiger partial charge in [0, 0.05) is 11.6 Å². The molecular formula is C15H17ClN4O3.